The van der Waals surface area contributed by atoms with Gasteiger partial charge in [0.2, 0.25) is 0 Å². The number of nitrogens with two attached hydrogens (primary N) is 1. The smallest absolute Gasteiger partial charge is 0.268 e. The molecule has 0 aliphatic carbocycles. The van der Waals surface area contributed by atoms with Crippen molar-refractivity contribution >= 4 is 39.0 Å². The summed E-state index contributed by atoms with van der Waals surface area (Å²) in [5.41, 5.74) is 7.52. The molecule has 3 aromatic heterocycles. The Morgan fingerprint density at radius 1 is 1.38 bits per heavy atom. The monoisotopic (exact) mass is 302 g/mol. The topological polar surface area (TPSA) is 98.7 Å². The van der Waals surface area contributed by atoms with E-state index in [1.165, 1.54) is 11.3 Å². The van der Waals surface area contributed by atoms with Crippen LogP contribution in [0.25, 0.3) is 10.3 Å². The molecule has 0 aliphatic heterocycles. The van der Waals surface area contributed by atoms with Gasteiger partial charge in [0.15, 0.2) is 0 Å². The fourth-order valence-corrected chi connectivity index (χ4v) is 2.80. The number of anilines is 2. The number of hydrogen-bond donors (Lipinski definition) is 2. The van der Waals surface area contributed by atoms with E-state index in [4.69, 9.17) is 5.73 Å². The van der Waals surface area contributed by atoms with E-state index < -0.39 is 0 Å². The third-order valence-electron chi connectivity index (χ3n) is 2.96. The van der Waals surface area contributed by atoms with E-state index in [0.29, 0.717) is 26.6 Å². The summed E-state index contributed by atoms with van der Waals surface area (Å²) in [5, 5.41) is 6.96. The van der Waals surface area contributed by atoms with Crippen LogP contribution in [0.3, 0.4) is 0 Å². The number of nitrogen functional groups attached to an aromatic ring is 1. The first kappa shape index (κ1) is 13.5. The van der Waals surface area contributed by atoms with E-state index in [9.17, 15) is 4.79 Å². The summed E-state index contributed by atoms with van der Waals surface area (Å²) in [6.07, 6.45) is 6.52. The lowest BCUT2D eigenvalue weighted by molar-refractivity contribution is 0.103. The lowest BCUT2D eigenvalue weighted by Gasteiger charge is -2.03. The van der Waals surface area contributed by atoms with Gasteiger partial charge in [0.05, 0.1) is 17.6 Å². The maximum atomic E-state index is 12.3. The van der Waals surface area contributed by atoms with Gasteiger partial charge in [-0.05, 0) is 13.8 Å². The van der Waals surface area contributed by atoms with Crippen molar-refractivity contribution in [2.45, 2.75) is 19.9 Å². The highest BCUT2D eigenvalue weighted by Crippen LogP contribution is 2.30. The number of hydrogen-bond acceptors (Lipinski definition) is 6. The average molecular weight is 302 g/mol. The van der Waals surface area contributed by atoms with Gasteiger partial charge in [0.1, 0.15) is 15.2 Å². The number of carbonyl (C=O) groups is 1. The molecule has 1 amide bonds. The number of aromatic nitrogens is 4. The number of amides is 1. The molecule has 21 heavy (non-hydrogen) atoms. The molecule has 0 bridgehead atoms. The van der Waals surface area contributed by atoms with Crippen LogP contribution < -0.4 is 11.1 Å². The third kappa shape index (κ3) is 2.45. The Morgan fingerprint density at radius 2 is 2.14 bits per heavy atom. The van der Waals surface area contributed by atoms with Crippen LogP contribution in [0.5, 0.6) is 0 Å². The molecule has 0 aromatic carbocycles. The quantitative estimate of drug-likeness (QED) is 0.773. The highest BCUT2D eigenvalue weighted by Gasteiger charge is 2.18. The SMILES string of the molecule is CC(C)n1cc(NC(=O)c2sc3nccnc3c2N)cn1. The lowest BCUT2D eigenvalue weighted by atomic mass is 10.3. The Bertz CT molecular complexity index is 806. The van der Waals surface area contributed by atoms with Gasteiger partial charge in [-0.15, -0.1) is 11.3 Å². The van der Waals surface area contributed by atoms with Gasteiger partial charge < -0.3 is 11.1 Å². The van der Waals surface area contributed by atoms with Crippen molar-refractivity contribution in [2.24, 2.45) is 0 Å². The van der Waals surface area contributed by atoms with Gasteiger partial charge in [-0.1, -0.05) is 0 Å². The fraction of sp³-hybridized carbons (Fsp3) is 0.231. The van der Waals surface area contributed by atoms with Gasteiger partial charge in [-0.2, -0.15) is 5.10 Å². The molecule has 8 heteroatoms. The molecular weight excluding hydrogens is 288 g/mol. The predicted octanol–water partition coefficient (Wildman–Crippen LogP) is 2.30. The Balaban J connectivity index is 1.88. The molecular formula is C13H14N6OS. The second-order valence-electron chi connectivity index (χ2n) is 4.81. The predicted molar refractivity (Wildman–Crippen MR) is 82.4 cm³/mol. The molecule has 0 atom stereocenters. The van der Waals surface area contributed by atoms with Gasteiger partial charge in [0, 0.05) is 24.6 Å². The van der Waals surface area contributed by atoms with Crippen LogP contribution >= 0.6 is 11.3 Å². The van der Waals surface area contributed by atoms with E-state index in [-0.39, 0.29) is 11.9 Å². The first-order chi connectivity index (χ1) is 10.1. The molecule has 3 N–H and O–H groups in total. The van der Waals surface area contributed by atoms with Crippen molar-refractivity contribution in [3.05, 3.63) is 29.7 Å². The van der Waals surface area contributed by atoms with E-state index in [1.54, 1.807) is 29.5 Å². The maximum Gasteiger partial charge on any atom is 0.268 e. The minimum Gasteiger partial charge on any atom is -0.396 e. The standard InChI is InChI=1S/C13H14N6OS/c1-7(2)19-6-8(5-17-19)18-12(20)11-9(14)10-13(21-11)16-4-3-15-10/h3-7H,14H2,1-2H3,(H,18,20). The number of nitrogens with one attached hydrogen (secondary N) is 1. The number of rotatable bonds is 3. The summed E-state index contributed by atoms with van der Waals surface area (Å²) in [6.45, 7) is 4.03. The molecule has 0 radical (unpaired) electrons. The highest BCUT2D eigenvalue weighted by molar-refractivity contribution is 7.21. The van der Waals surface area contributed by atoms with Gasteiger partial charge in [-0.3, -0.25) is 9.48 Å². The van der Waals surface area contributed by atoms with Crippen molar-refractivity contribution < 1.29 is 4.79 Å². The number of fused-ring (bicyclic) bond motifs is 1. The summed E-state index contributed by atoms with van der Waals surface area (Å²) in [5.74, 6) is -0.277. The third-order valence-corrected chi connectivity index (χ3v) is 4.06. The van der Waals surface area contributed by atoms with Crippen molar-refractivity contribution in [1.82, 2.24) is 19.7 Å². The maximum absolute atomic E-state index is 12.3. The Labute approximate surface area is 124 Å². The molecule has 0 saturated carbocycles. The van der Waals surface area contributed by atoms with E-state index >= 15 is 0 Å². The Morgan fingerprint density at radius 3 is 2.81 bits per heavy atom. The molecule has 3 heterocycles. The molecule has 7 nitrogen and oxygen atoms in total. The highest BCUT2D eigenvalue weighted by atomic mass is 32.1. The molecule has 0 unspecified atom stereocenters. The van der Waals surface area contributed by atoms with Gasteiger partial charge in [-0.25, -0.2) is 9.97 Å². The molecule has 0 aliphatic rings. The second-order valence-corrected chi connectivity index (χ2v) is 5.81. The summed E-state index contributed by atoms with van der Waals surface area (Å²) < 4.78 is 1.77. The first-order valence-electron chi connectivity index (χ1n) is 6.40. The average Bonchev–Trinajstić information content (AvgIpc) is 3.05. The first-order valence-corrected chi connectivity index (χ1v) is 7.22. The van der Waals surface area contributed by atoms with Crippen LogP contribution in [-0.2, 0) is 0 Å². The summed E-state index contributed by atoms with van der Waals surface area (Å²) >= 11 is 1.23. The molecule has 0 fully saturated rings. The van der Waals surface area contributed by atoms with Gasteiger partial charge >= 0.3 is 0 Å². The summed E-state index contributed by atoms with van der Waals surface area (Å²) in [6, 6.07) is 0.235. The van der Waals surface area contributed by atoms with E-state index in [2.05, 4.69) is 20.4 Å². The zero-order valence-corrected chi connectivity index (χ0v) is 12.4. The number of nitrogens with zero attached hydrogens (tertiary/aromatic N) is 4. The molecule has 3 aromatic rings. The number of thiophene rings is 1. The zero-order chi connectivity index (χ0) is 15.0. The second kappa shape index (κ2) is 5.13. The van der Waals surface area contributed by atoms with Crippen LogP contribution in [0, 0.1) is 0 Å². The fourth-order valence-electron chi connectivity index (χ4n) is 1.89. The number of carbonyl (C=O) groups excluding carboxylic acids is 1. The largest absolute Gasteiger partial charge is 0.396 e. The summed E-state index contributed by atoms with van der Waals surface area (Å²) in [7, 11) is 0. The van der Waals surface area contributed by atoms with Crippen LogP contribution in [0.1, 0.15) is 29.6 Å². The molecule has 0 saturated heterocycles. The minimum absolute atomic E-state index is 0.235. The van der Waals surface area contributed by atoms with Crippen molar-refractivity contribution in [2.75, 3.05) is 11.1 Å². The van der Waals surface area contributed by atoms with Crippen LogP contribution in [0.15, 0.2) is 24.8 Å². The van der Waals surface area contributed by atoms with Crippen molar-refractivity contribution in [3.8, 4) is 0 Å². The molecule has 108 valence electrons. The van der Waals surface area contributed by atoms with Crippen LogP contribution in [-0.4, -0.2) is 25.7 Å². The van der Waals surface area contributed by atoms with Gasteiger partial charge in [0.25, 0.3) is 5.91 Å². The van der Waals surface area contributed by atoms with Crippen molar-refractivity contribution in [1.29, 1.82) is 0 Å². The zero-order valence-electron chi connectivity index (χ0n) is 11.6. The Hall–Kier alpha value is -2.48. The van der Waals surface area contributed by atoms with Crippen LogP contribution in [0.2, 0.25) is 0 Å². The van der Waals surface area contributed by atoms with Crippen molar-refractivity contribution in [3.63, 3.8) is 0 Å². The lowest BCUT2D eigenvalue weighted by Crippen LogP contribution is -2.11. The molecule has 0 spiro atoms. The Kier molecular flexibility index (Phi) is 3.30. The normalized spacial score (nSPS) is 11.2. The van der Waals surface area contributed by atoms with Crippen LogP contribution in [0.4, 0.5) is 11.4 Å². The van der Waals surface area contributed by atoms with E-state index in [0.717, 1.165) is 0 Å². The molecule has 3 rings (SSSR count). The summed E-state index contributed by atoms with van der Waals surface area (Å²) in [4.78, 5) is 21.7. The minimum atomic E-state index is -0.277. The van der Waals surface area contributed by atoms with E-state index in [1.807, 2.05) is 13.8 Å².